The molecule has 0 radical (unpaired) electrons. The van der Waals surface area contributed by atoms with E-state index in [0.29, 0.717) is 11.4 Å². The van der Waals surface area contributed by atoms with Crippen LogP contribution in [-0.2, 0) is 21.0 Å². The molecule has 2 amide bonds. The molecule has 0 bridgehead atoms. The number of nitrogens with one attached hydrogen (secondary N) is 2. The lowest BCUT2D eigenvalue weighted by Gasteiger charge is -2.06. The summed E-state index contributed by atoms with van der Waals surface area (Å²) in [5, 5.41) is 9.25. The molecule has 2 aromatic rings. The summed E-state index contributed by atoms with van der Waals surface area (Å²) in [6.07, 6.45) is 0. The van der Waals surface area contributed by atoms with Crippen LogP contribution in [0.1, 0.15) is 25.0 Å². The Morgan fingerprint density at radius 2 is 1.69 bits per heavy atom. The van der Waals surface area contributed by atoms with E-state index in [1.165, 1.54) is 19.1 Å². The van der Waals surface area contributed by atoms with Crippen molar-refractivity contribution in [2.45, 2.75) is 20.4 Å². The van der Waals surface area contributed by atoms with Crippen molar-refractivity contribution in [1.82, 2.24) is 5.32 Å². The second-order valence-corrected chi connectivity index (χ2v) is 5.61. The number of nitrogens with zero attached hydrogens (tertiary/aromatic N) is 1. The molecule has 0 fully saturated rings. The predicted octanol–water partition coefficient (Wildman–Crippen LogP) is 2.84. The maximum Gasteiger partial charge on any atom is 0.261 e. The third kappa shape index (κ3) is 6.35. The zero-order valence-corrected chi connectivity index (χ0v) is 14.6. The van der Waals surface area contributed by atoms with E-state index in [0.717, 1.165) is 11.1 Å². The Kier molecular flexibility index (Phi) is 6.84. The Labute approximate surface area is 151 Å². The van der Waals surface area contributed by atoms with Gasteiger partial charge in [-0.3, -0.25) is 9.59 Å². The molecule has 2 N–H and O–H groups in total. The highest BCUT2D eigenvalue weighted by atomic mass is 19.1. The zero-order valence-electron chi connectivity index (χ0n) is 14.6. The van der Waals surface area contributed by atoms with E-state index in [1.807, 2.05) is 0 Å². The summed E-state index contributed by atoms with van der Waals surface area (Å²) in [5.74, 6) is -0.789. The van der Waals surface area contributed by atoms with Crippen LogP contribution in [-0.4, -0.2) is 24.1 Å². The van der Waals surface area contributed by atoms with Gasteiger partial charge in [0.1, 0.15) is 5.82 Å². The molecule has 0 atom stereocenters. The van der Waals surface area contributed by atoms with Crippen molar-refractivity contribution in [2.24, 2.45) is 5.16 Å². The second-order valence-electron chi connectivity index (χ2n) is 5.61. The first-order valence-corrected chi connectivity index (χ1v) is 8.00. The largest absolute Gasteiger partial charge is 0.385 e. The van der Waals surface area contributed by atoms with Gasteiger partial charge in [-0.15, -0.1) is 0 Å². The Hall–Kier alpha value is -3.22. The molecule has 0 aliphatic carbocycles. The number of hydrogen-bond donors (Lipinski definition) is 2. The van der Waals surface area contributed by atoms with Gasteiger partial charge in [0.15, 0.2) is 6.61 Å². The quantitative estimate of drug-likeness (QED) is 0.591. The van der Waals surface area contributed by atoms with Crippen LogP contribution >= 0.6 is 0 Å². The molecule has 0 aromatic heterocycles. The molecule has 0 saturated heterocycles. The highest BCUT2D eigenvalue weighted by Gasteiger charge is 2.04. The average molecular weight is 357 g/mol. The van der Waals surface area contributed by atoms with Crippen molar-refractivity contribution < 1.29 is 18.8 Å². The Balaban J connectivity index is 1.78. The summed E-state index contributed by atoms with van der Waals surface area (Å²) in [5.41, 5.74) is 2.89. The fourth-order valence-corrected chi connectivity index (χ4v) is 2.09. The van der Waals surface area contributed by atoms with Crippen LogP contribution in [0.5, 0.6) is 0 Å². The molecular weight excluding hydrogens is 337 g/mol. The van der Waals surface area contributed by atoms with Crippen LogP contribution in [0, 0.1) is 5.82 Å². The normalized spacial score (nSPS) is 11.0. The van der Waals surface area contributed by atoms with Crippen molar-refractivity contribution in [3.05, 3.63) is 65.5 Å². The lowest BCUT2D eigenvalue weighted by Crippen LogP contribution is -2.26. The van der Waals surface area contributed by atoms with Gasteiger partial charge in [0.2, 0.25) is 5.91 Å². The molecule has 0 saturated carbocycles. The van der Waals surface area contributed by atoms with E-state index >= 15 is 0 Å². The second kappa shape index (κ2) is 9.31. The molecule has 0 spiro atoms. The molecule has 0 heterocycles. The number of anilines is 1. The number of halogens is 1. The maximum absolute atomic E-state index is 12.8. The minimum Gasteiger partial charge on any atom is -0.385 e. The van der Waals surface area contributed by atoms with Crippen molar-refractivity contribution in [2.75, 3.05) is 11.9 Å². The number of oxime groups is 1. The van der Waals surface area contributed by atoms with Crippen LogP contribution in [0.4, 0.5) is 10.1 Å². The van der Waals surface area contributed by atoms with Crippen LogP contribution < -0.4 is 10.6 Å². The standard InChI is InChI=1S/C19H20FN3O3/c1-13(16-5-9-18(10-6-16)22-14(2)24)23-26-12-19(25)21-11-15-3-7-17(20)8-4-15/h3-10H,11-12H2,1-2H3,(H,21,25)(H,22,24)/b23-13+. The molecule has 136 valence electrons. The summed E-state index contributed by atoms with van der Waals surface area (Å²) < 4.78 is 12.8. The minimum absolute atomic E-state index is 0.141. The molecule has 26 heavy (non-hydrogen) atoms. The highest BCUT2D eigenvalue weighted by Crippen LogP contribution is 2.10. The molecule has 0 unspecified atom stereocenters. The molecule has 2 aromatic carbocycles. The minimum atomic E-state index is -0.327. The number of amides is 2. The smallest absolute Gasteiger partial charge is 0.261 e. The number of benzene rings is 2. The fourth-order valence-electron chi connectivity index (χ4n) is 2.09. The summed E-state index contributed by atoms with van der Waals surface area (Å²) in [6, 6.07) is 13.0. The fraction of sp³-hybridized carbons (Fsp3) is 0.211. The first-order valence-electron chi connectivity index (χ1n) is 8.00. The summed E-state index contributed by atoms with van der Waals surface area (Å²) >= 11 is 0. The van der Waals surface area contributed by atoms with Gasteiger partial charge < -0.3 is 15.5 Å². The number of carbonyl (C=O) groups is 2. The van der Waals surface area contributed by atoms with Gasteiger partial charge in [-0.2, -0.15) is 0 Å². The molecule has 0 aliphatic heterocycles. The van der Waals surface area contributed by atoms with Gasteiger partial charge >= 0.3 is 0 Å². The van der Waals surface area contributed by atoms with Gasteiger partial charge in [-0.25, -0.2) is 4.39 Å². The SMILES string of the molecule is CC(=O)Nc1ccc(/C(C)=N/OCC(=O)NCc2ccc(F)cc2)cc1. The van der Waals surface area contributed by atoms with Crippen molar-refractivity contribution >= 4 is 23.2 Å². The number of carbonyl (C=O) groups excluding carboxylic acids is 2. The van der Waals surface area contributed by atoms with E-state index in [-0.39, 0.29) is 30.8 Å². The van der Waals surface area contributed by atoms with Crippen LogP contribution in [0.25, 0.3) is 0 Å². The van der Waals surface area contributed by atoms with E-state index in [1.54, 1.807) is 43.3 Å². The van der Waals surface area contributed by atoms with Gasteiger partial charge in [-0.1, -0.05) is 29.4 Å². The lowest BCUT2D eigenvalue weighted by atomic mass is 10.1. The van der Waals surface area contributed by atoms with Gasteiger partial charge in [-0.05, 0) is 42.3 Å². The molecule has 0 aliphatic rings. The van der Waals surface area contributed by atoms with Crippen molar-refractivity contribution in [3.8, 4) is 0 Å². The maximum atomic E-state index is 12.8. The van der Waals surface area contributed by atoms with Gasteiger partial charge in [0, 0.05) is 19.2 Å². The lowest BCUT2D eigenvalue weighted by molar-refractivity contribution is -0.125. The van der Waals surface area contributed by atoms with Gasteiger partial charge in [0.05, 0.1) is 5.71 Å². The van der Waals surface area contributed by atoms with Crippen LogP contribution in [0.3, 0.4) is 0 Å². The molecule has 6 nitrogen and oxygen atoms in total. The van der Waals surface area contributed by atoms with Gasteiger partial charge in [0.25, 0.3) is 5.91 Å². The Bertz CT molecular complexity index is 787. The zero-order chi connectivity index (χ0) is 18.9. The predicted molar refractivity (Wildman–Crippen MR) is 97.2 cm³/mol. The van der Waals surface area contributed by atoms with Crippen LogP contribution in [0.15, 0.2) is 53.7 Å². The first-order chi connectivity index (χ1) is 12.4. The third-order valence-electron chi connectivity index (χ3n) is 3.42. The summed E-state index contributed by atoms with van der Waals surface area (Å²) in [6.45, 7) is 3.26. The Morgan fingerprint density at radius 3 is 2.31 bits per heavy atom. The van der Waals surface area contributed by atoms with E-state index < -0.39 is 0 Å². The van der Waals surface area contributed by atoms with Crippen LogP contribution in [0.2, 0.25) is 0 Å². The van der Waals surface area contributed by atoms with E-state index in [9.17, 15) is 14.0 Å². The van der Waals surface area contributed by atoms with Crippen molar-refractivity contribution in [3.63, 3.8) is 0 Å². The Morgan fingerprint density at radius 1 is 1.04 bits per heavy atom. The monoisotopic (exact) mass is 357 g/mol. The first kappa shape index (κ1) is 19.1. The molecular formula is C19H20FN3O3. The molecule has 7 heteroatoms. The van der Waals surface area contributed by atoms with Crippen molar-refractivity contribution in [1.29, 1.82) is 0 Å². The highest BCUT2D eigenvalue weighted by molar-refractivity contribution is 5.99. The summed E-state index contributed by atoms with van der Waals surface area (Å²) in [7, 11) is 0. The number of hydrogen-bond acceptors (Lipinski definition) is 4. The average Bonchev–Trinajstić information content (AvgIpc) is 2.61. The topological polar surface area (TPSA) is 79.8 Å². The summed E-state index contributed by atoms with van der Waals surface area (Å²) in [4.78, 5) is 27.8. The van der Waals surface area contributed by atoms with E-state index in [2.05, 4.69) is 15.8 Å². The third-order valence-corrected chi connectivity index (χ3v) is 3.42. The van der Waals surface area contributed by atoms with E-state index in [4.69, 9.17) is 4.84 Å². The molecule has 2 rings (SSSR count). The number of rotatable bonds is 7.